The minimum atomic E-state index is 0.453. The largest absolute Gasteiger partial charge is 0.0622 e. The molecule has 27 heavy (non-hydrogen) atoms. The normalized spacial score (nSPS) is 11.6. The molecule has 0 saturated heterocycles. The van der Waals surface area contributed by atoms with E-state index < -0.39 is 0 Å². The fraction of sp³-hybridized carbons (Fsp3) is 0.333. The molecule has 0 aromatic heterocycles. The van der Waals surface area contributed by atoms with Crippen LogP contribution in [0.4, 0.5) is 0 Å². The molecular formula is C27H32. The first-order chi connectivity index (χ1) is 12.9. The number of rotatable bonds is 5. The van der Waals surface area contributed by atoms with Gasteiger partial charge >= 0.3 is 0 Å². The summed E-state index contributed by atoms with van der Waals surface area (Å²) in [5.74, 6) is 1.43. The van der Waals surface area contributed by atoms with Crippen LogP contribution in [-0.2, 0) is 0 Å². The Bertz CT molecular complexity index is 884. The van der Waals surface area contributed by atoms with Gasteiger partial charge in [-0.15, -0.1) is 0 Å². The summed E-state index contributed by atoms with van der Waals surface area (Å²) in [7, 11) is 0. The lowest BCUT2D eigenvalue weighted by Crippen LogP contribution is -2.08. The van der Waals surface area contributed by atoms with Crippen molar-refractivity contribution in [3.8, 4) is 22.3 Å². The van der Waals surface area contributed by atoms with Crippen LogP contribution in [0, 0.1) is 0 Å². The number of hydrogen-bond donors (Lipinski definition) is 0. The van der Waals surface area contributed by atoms with Gasteiger partial charge in [-0.3, -0.25) is 0 Å². The molecule has 0 bridgehead atoms. The van der Waals surface area contributed by atoms with Crippen LogP contribution in [0.1, 0.15) is 76.0 Å². The molecule has 0 amide bonds. The van der Waals surface area contributed by atoms with E-state index in [1.54, 1.807) is 0 Å². The summed E-state index contributed by atoms with van der Waals surface area (Å²) in [6.07, 6.45) is 0. The third-order valence-corrected chi connectivity index (χ3v) is 5.36. The van der Waals surface area contributed by atoms with Gasteiger partial charge in [-0.05, 0) is 56.7 Å². The predicted molar refractivity (Wildman–Crippen MR) is 120 cm³/mol. The van der Waals surface area contributed by atoms with Gasteiger partial charge < -0.3 is 0 Å². The smallest absolute Gasteiger partial charge is 0.0106 e. The highest BCUT2D eigenvalue weighted by molar-refractivity contribution is 5.83. The van der Waals surface area contributed by atoms with Crippen molar-refractivity contribution >= 4 is 0 Å². The summed E-state index contributed by atoms with van der Waals surface area (Å²) in [6, 6.07) is 24.3. The summed E-state index contributed by atoms with van der Waals surface area (Å²) in [5.41, 5.74) is 9.95. The van der Waals surface area contributed by atoms with Crippen LogP contribution < -0.4 is 0 Å². The molecule has 3 aromatic rings. The van der Waals surface area contributed by atoms with Crippen molar-refractivity contribution in [1.82, 2.24) is 0 Å². The van der Waals surface area contributed by atoms with Crippen LogP contribution >= 0.6 is 0 Å². The highest BCUT2D eigenvalue weighted by atomic mass is 14.3. The lowest BCUT2D eigenvalue weighted by molar-refractivity contribution is 0.782. The van der Waals surface area contributed by atoms with E-state index in [9.17, 15) is 0 Å². The molecular weight excluding hydrogens is 324 g/mol. The van der Waals surface area contributed by atoms with E-state index in [0.717, 1.165) is 0 Å². The van der Waals surface area contributed by atoms with Crippen LogP contribution in [0.2, 0.25) is 0 Å². The molecule has 3 rings (SSSR count). The monoisotopic (exact) mass is 356 g/mol. The highest BCUT2D eigenvalue weighted by Gasteiger charge is 2.24. The Morgan fingerprint density at radius 1 is 0.519 bits per heavy atom. The van der Waals surface area contributed by atoms with Gasteiger partial charge in [0, 0.05) is 0 Å². The second-order valence-corrected chi connectivity index (χ2v) is 8.41. The maximum absolute atomic E-state index is 2.47. The Kier molecular flexibility index (Phi) is 5.85. The van der Waals surface area contributed by atoms with Gasteiger partial charge in [0.05, 0.1) is 0 Å². The molecule has 0 nitrogen and oxygen atoms in total. The van der Waals surface area contributed by atoms with E-state index in [0.29, 0.717) is 17.8 Å². The standard InChI is InChI=1S/C27H32/c1-18(2)23-17-24(21-13-9-7-10-14-21)26(20(5)6)27(25(23)19(3)4)22-15-11-8-12-16-22/h7-20H,1-6H3. The minimum Gasteiger partial charge on any atom is -0.0622 e. The van der Waals surface area contributed by atoms with E-state index in [1.807, 2.05) is 0 Å². The molecule has 0 atom stereocenters. The molecule has 0 aliphatic heterocycles. The van der Waals surface area contributed by atoms with Crippen molar-refractivity contribution < 1.29 is 0 Å². The molecule has 0 unspecified atom stereocenters. The van der Waals surface area contributed by atoms with Gasteiger partial charge in [-0.1, -0.05) is 108 Å². The van der Waals surface area contributed by atoms with E-state index in [1.165, 1.54) is 38.9 Å². The predicted octanol–water partition coefficient (Wildman–Crippen LogP) is 8.39. The zero-order valence-electron chi connectivity index (χ0n) is 17.6. The van der Waals surface area contributed by atoms with Crippen molar-refractivity contribution in [3.63, 3.8) is 0 Å². The first kappa shape index (κ1) is 19.4. The second-order valence-electron chi connectivity index (χ2n) is 8.41. The summed E-state index contributed by atoms with van der Waals surface area (Å²) < 4.78 is 0. The first-order valence-corrected chi connectivity index (χ1v) is 10.2. The first-order valence-electron chi connectivity index (χ1n) is 10.2. The molecule has 0 radical (unpaired) electrons. The molecule has 0 heterocycles. The molecule has 0 aliphatic carbocycles. The summed E-state index contributed by atoms with van der Waals surface area (Å²) in [5, 5.41) is 0. The van der Waals surface area contributed by atoms with Gasteiger partial charge in [0.15, 0.2) is 0 Å². The van der Waals surface area contributed by atoms with Crippen molar-refractivity contribution in [3.05, 3.63) is 83.4 Å². The molecule has 3 aromatic carbocycles. The minimum absolute atomic E-state index is 0.453. The Hall–Kier alpha value is -2.34. The average Bonchev–Trinajstić information content (AvgIpc) is 2.67. The van der Waals surface area contributed by atoms with E-state index in [2.05, 4.69) is 108 Å². The fourth-order valence-corrected chi connectivity index (χ4v) is 4.21. The lowest BCUT2D eigenvalue weighted by atomic mass is 9.76. The van der Waals surface area contributed by atoms with E-state index in [4.69, 9.17) is 0 Å². The Balaban J connectivity index is 2.49. The quantitative estimate of drug-likeness (QED) is 0.430. The van der Waals surface area contributed by atoms with Crippen molar-refractivity contribution in [2.75, 3.05) is 0 Å². The Labute approximate surface area is 165 Å². The number of hydrogen-bond acceptors (Lipinski definition) is 0. The maximum atomic E-state index is 2.47. The lowest BCUT2D eigenvalue weighted by Gasteiger charge is -2.28. The van der Waals surface area contributed by atoms with Crippen LogP contribution in [0.5, 0.6) is 0 Å². The van der Waals surface area contributed by atoms with Gasteiger partial charge in [-0.25, -0.2) is 0 Å². The van der Waals surface area contributed by atoms with Gasteiger partial charge in [0.2, 0.25) is 0 Å². The topological polar surface area (TPSA) is 0 Å². The van der Waals surface area contributed by atoms with Crippen molar-refractivity contribution in [2.24, 2.45) is 0 Å². The van der Waals surface area contributed by atoms with Crippen LogP contribution in [0.15, 0.2) is 66.7 Å². The molecule has 0 aliphatic rings. The van der Waals surface area contributed by atoms with Gasteiger partial charge in [-0.2, -0.15) is 0 Å². The molecule has 0 saturated carbocycles. The Morgan fingerprint density at radius 3 is 1.44 bits per heavy atom. The highest BCUT2D eigenvalue weighted by Crippen LogP contribution is 2.45. The number of benzene rings is 3. The van der Waals surface area contributed by atoms with Crippen molar-refractivity contribution in [1.29, 1.82) is 0 Å². The van der Waals surface area contributed by atoms with Gasteiger partial charge in [0.25, 0.3) is 0 Å². The average molecular weight is 357 g/mol. The maximum Gasteiger partial charge on any atom is -0.0106 e. The zero-order valence-corrected chi connectivity index (χ0v) is 17.6. The molecule has 0 heteroatoms. The van der Waals surface area contributed by atoms with Crippen LogP contribution in [0.25, 0.3) is 22.3 Å². The molecule has 0 spiro atoms. The zero-order chi connectivity index (χ0) is 19.6. The molecule has 0 N–H and O–H groups in total. The fourth-order valence-electron chi connectivity index (χ4n) is 4.21. The molecule has 140 valence electrons. The van der Waals surface area contributed by atoms with Gasteiger partial charge in [0.1, 0.15) is 0 Å². The van der Waals surface area contributed by atoms with E-state index >= 15 is 0 Å². The summed E-state index contributed by atoms with van der Waals surface area (Å²) in [6.45, 7) is 14.0. The summed E-state index contributed by atoms with van der Waals surface area (Å²) in [4.78, 5) is 0. The van der Waals surface area contributed by atoms with Crippen LogP contribution in [0.3, 0.4) is 0 Å². The molecule has 0 fully saturated rings. The Morgan fingerprint density at radius 2 is 1.00 bits per heavy atom. The third-order valence-electron chi connectivity index (χ3n) is 5.36. The summed E-state index contributed by atoms with van der Waals surface area (Å²) >= 11 is 0. The van der Waals surface area contributed by atoms with E-state index in [-0.39, 0.29) is 0 Å². The van der Waals surface area contributed by atoms with Crippen molar-refractivity contribution in [2.45, 2.75) is 59.3 Å². The third kappa shape index (κ3) is 3.86. The SMILES string of the molecule is CC(C)c1cc(-c2ccccc2)c(C(C)C)c(-c2ccccc2)c1C(C)C. The van der Waals surface area contributed by atoms with Crippen LogP contribution in [-0.4, -0.2) is 0 Å². The second kappa shape index (κ2) is 8.13.